The van der Waals surface area contributed by atoms with Gasteiger partial charge < -0.3 is 19.7 Å². The molecule has 4 atom stereocenters. The molecule has 2 aliphatic rings. The number of ether oxygens (including phenoxy) is 1. The Bertz CT molecular complexity index is 1320. The summed E-state index contributed by atoms with van der Waals surface area (Å²) in [6.45, 7) is 3.13. The van der Waals surface area contributed by atoms with E-state index in [0.29, 0.717) is 24.4 Å². The number of nitrogens with zero attached hydrogens (tertiary/aromatic N) is 2. The summed E-state index contributed by atoms with van der Waals surface area (Å²) in [5, 5.41) is 13.3. The van der Waals surface area contributed by atoms with Gasteiger partial charge in [0.25, 0.3) is 5.56 Å². The number of rotatable bonds is 7. The number of amides is 1. The highest BCUT2D eigenvalue weighted by molar-refractivity contribution is 5.83. The highest BCUT2D eigenvalue weighted by Crippen LogP contribution is 2.49. The van der Waals surface area contributed by atoms with Crippen LogP contribution in [-0.4, -0.2) is 46.8 Å². The van der Waals surface area contributed by atoms with Crippen LogP contribution in [0.2, 0.25) is 0 Å². The number of aromatic nitrogens is 1. The number of halogens is 1. The summed E-state index contributed by atoms with van der Waals surface area (Å²) >= 11 is 0. The SMILES string of the molecule is CCN1[C@@H]2c3ccc(-c4ccccc4OC)c(=O)n3C[C@@H]2[C@@H](CO)[C@@H]1C(=O)NCc1ccc(F)cc1. The number of fused-ring (bicyclic) bond motifs is 3. The Kier molecular flexibility index (Phi) is 6.64. The molecule has 1 fully saturated rings. The highest BCUT2D eigenvalue weighted by atomic mass is 19.1. The highest BCUT2D eigenvalue weighted by Gasteiger charge is 2.55. The van der Waals surface area contributed by atoms with Crippen LogP contribution in [0.15, 0.2) is 65.5 Å². The van der Waals surface area contributed by atoms with Gasteiger partial charge in [0.1, 0.15) is 11.6 Å². The number of carbonyl (C=O) groups excluding carboxylic acids is 1. The molecule has 1 amide bonds. The van der Waals surface area contributed by atoms with E-state index in [-0.39, 0.29) is 48.3 Å². The van der Waals surface area contributed by atoms with E-state index in [1.165, 1.54) is 12.1 Å². The fraction of sp³-hybridized carbons (Fsp3) is 0.357. The lowest BCUT2D eigenvalue weighted by atomic mass is 9.88. The van der Waals surface area contributed by atoms with Gasteiger partial charge in [0.05, 0.1) is 24.8 Å². The smallest absolute Gasteiger partial charge is 0.258 e. The van der Waals surface area contributed by atoms with E-state index >= 15 is 0 Å². The third-order valence-corrected chi connectivity index (χ3v) is 7.60. The van der Waals surface area contributed by atoms with Crippen molar-refractivity contribution in [1.29, 1.82) is 0 Å². The molecule has 7 nitrogen and oxygen atoms in total. The quantitative estimate of drug-likeness (QED) is 0.531. The van der Waals surface area contributed by atoms with Gasteiger partial charge in [-0.3, -0.25) is 14.5 Å². The third-order valence-electron chi connectivity index (χ3n) is 7.60. The number of likely N-dealkylation sites (tertiary alicyclic amines) is 1. The normalized spacial score (nSPS) is 22.8. The van der Waals surface area contributed by atoms with E-state index in [0.717, 1.165) is 16.8 Å². The van der Waals surface area contributed by atoms with Gasteiger partial charge in [-0.15, -0.1) is 0 Å². The first-order valence-electron chi connectivity index (χ1n) is 12.2. The van der Waals surface area contributed by atoms with Crippen molar-refractivity contribution in [3.8, 4) is 16.9 Å². The molecular weight excluding hydrogens is 461 g/mol. The summed E-state index contributed by atoms with van der Waals surface area (Å²) in [6, 6.07) is 16.6. The van der Waals surface area contributed by atoms with E-state index in [1.807, 2.05) is 43.3 Å². The standard InChI is InChI=1S/C28H30FN3O4/c1-3-31-25-21(22(16-33)26(31)27(34)30-14-17-8-10-18(29)11-9-17)15-32-23(25)13-12-20(28(32)35)19-6-4-5-7-24(19)36-2/h4-13,21-22,25-26,33H,3,14-16H2,1-2H3,(H,30,34)/t21-,22-,25+,26-/m1/s1. The molecule has 0 radical (unpaired) electrons. The fourth-order valence-corrected chi connectivity index (χ4v) is 5.95. The molecule has 8 heteroatoms. The molecule has 2 aromatic carbocycles. The summed E-state index contributed by atoms with van der Waals surface area (Å²) in [6.07, 6.45) is 0. The summed E-state index contributed by atoms with van der Waals surface area (Å²) in [7, 11) is 1.58. The first-order valence-corrected chi connectivity index (χ1v) is 12.2. The minimum Gasteiger partial charge on any atom is -0.496 e. The number of aliphatic hydroxyl groups is 1. The number of pyridine rings is 1. The molecule has 36 heavy (non-hydrogen) atoms. The molecule has 2 N–H and O–H groups in total. The molecule has 0 unspecified atom stereocenters. The lowest BCUT2D eigenvalue weighted by Crippen LogP contribution is -2.48. The van der Waals surface area contributed by atoms with Crippen LogP contribution in [0.4, 0.5) is 4.39 Å². The first kappa shape index (κ1) is 24.2. The summed E-state index contributed by atoms with van der Waals surface area (Å²) in [4.78, 5) is 29.0. The molecule has 5 rings (SSSR count). The van der Waals surface area contributed by atoms with Crippen molar-refractivity contribution >= 4 is 5.91 Å². The zero-order valence-electron chi connectivity index (χ0n) is 20.4. The van der Waals surface area contributed by atoms with E-state index in [4.69, 9.17) is 4.74 Å². The van der Waals surface area contributed by atoms with Gasteiger partial charge in [0.2, 0.25) is 5.91 Å². The van der Waals surface area contributed by atoms with Gasteiger partial charge in [0, 0.05) is 42.8 Å². The van der Waals surface area contributed by atoms with Crippen molar-refractivity contribution in [3.05, 3.63) is 88.1 Å². The number of benzene rings is 2. The van der Waals surface area contributed by atoms with Gasteiger partial charge in [-0.2, -0.15) is 0 Å². The Labute approximate surface area is 209 Å². The lowest BCUT2D eigenvalue weighted by molar-refractivity contribution is -0.127. The molecule has 3 heterocycles. The van der Waals surface area contributed by atoms with Crippen LogP contribution < -0.4 is 15.6 Å². The van der Waals surface area contributed by atoms with Crippen LogP contribution in [-0.2, 0) is 17.9 Å². The maximum Gasteiger partial charge on any atom is 0.258 e. The third kappa shape index (κ3) is 4.00. The Morgan fingerprint density at radius 2 is 1.86 bits per heavy atom. The largest absolute Gasteiger partial charge is 0.496 e. The van der Waals surface area contributed by atoms with Crippen molar-refractivity contribution in [2.45, 2.75) is 32.1 Å². The van der Waals surface area contributed by atoms with E-state index in [1.54, 1.807) is 23.8 Å². The summed E-state index contributed by atoms with van der Waals surface area (Å²) in [5.41, 5.74) is 2.86. The maximum absolute atomic E-state index is 13.6. The second kappa shape index (κ2) is 9.87. The molecule has 2 aliphatic heterocycles. The van der Waals surface area contributed by atoms with E-state index in [2.05, 4.69) is 10.2 Å². The Hall–Kier alpha value is -3.49. The van der Waals surface area contributed by atoms with Crippen LogP contribution in [0.3, 0.4) is 0 Å². The lowest BCUT2D eigenvalue weighted by Gasteiger charge is -2.29. The first-order chi connectivity index (χ1) is 17.5. The molecule has 1 saturated heterocycles. The minimum atomic E-state index is -0.520. The molecule has 0 saturated carbocycles. The second-order valence-electron chi connectivity index (χ2n) is 9.36. The molecule has 1 aromatic heterocycles. The molecule has 3 aromatic rings. The summed E-state index contributed by atoms with van der Waals surface area (Å²) in [5.74, 6) is -0.257. The number of nitrogens with one attached hydrogen (secondary N) is 1. The molecule has 0 bridgehead atoms. The number of hydrogen-bond acceptors (Lipinski definition) is 5. The number of carbonyl (C=O) groups is 1. The molecule has 188 valence electrons. The zero-order valence-corrected chi connectivity index (χ0v) is 20.4. The van der Waals surface area contributed by atoms with Crippen molar-refractivity contribution < 1.29 is 19.0 Å². The Balaban J connectivity index is 1.44. The van der Waals surface area contributed by atoms with Gasteiger partial charge in [-0.1, -0.05) is 37.3 Å². The van der Waals surface area contributed by atoms with Gasteiger partial charge in [-0.05, 0) is 42.4 Å². The minimum absolute atomic E-state index is 0.0721. The van der Waals surface area contributed by atoms with Crippen LogP contribution >= 0.6 is 0 Å². The number of hydrogen-bond donors (Lipinski definition) is 2. The molecule has 0 aliphatic carbocycles. The number of para-hydroxylation sites is 1. The van der Waals surface area contributed by atoms with Crippen molar-refractivity contribution in [3.63, 3.8) is 0 Å². The summed E-state index contributed by atoms with van der Waals surface area (Å²) < 4.78 is 20.5. The molecule has 0 spiro atoms. The number of aliphatic hydroxyl groups excluding tert-OH is 1. The Morgan fingerprint density at radius 3 is 2.56 bits per heavy atom. The number of likely N-dealkylation sites (N-methyl/N-ethyl adjacent to an activating group) is 1. The average molecular weight is 492 g/mol. The fourth-order valence-electron chi connectivity index (χ4n) is 5.95. The predicted molar refractivity (Wildman–Crippen MR) is 134 cm³/mol. The van der Waals surface area contributed by atoms with Crippen LogP contribution in [0.1, 0.15) is 24.2 Å². The van der Waals surface area contributed by atoms with Crippen molar-refractivity contribution in [1.82, 2.24) is 14.8 Å². The van der Waals surface area contributed by atoms with Crippen molar-refractivity contribution in [2.75, 3.05) is 20.3 Å². The van der Waals surface area contributed by atoms with E-state index < -0.39 is 6.04 Å². The van der Waals surface area contributed by atoms with Crippen molar-refractivity contribution in [2.24, 2.45) is 11.8 Å². The van der Waals surface area contributed by atoms with E-state index in [9.17, 15) is 19.1 Å². The average Bonchev–Trinajstić information content (AvgIpc) is 3.43. The topological polar surface area (TPSA) is 83.8 Å². The Morgan fingerprint density at radius 1 is 1.11 bits per heavy atom. The number of methoxy groups -OCH3 is 1. The van der Waals surface area contributed by atoms with Crippen LogP contribution in [0.25, 0.3) is 11.1 Å². The van der Waals surface area contributed by atoms with Gasteiger partial charge in [-0.25, -0.2) is 4.39 Å². The van der Waals surface area contributed by atoms with Crippen LogP contribution in [0.5, 0.6) is 5.75 Å². The van der Waals surface area contributed by atoms with Gasteiger partial charge in [0.15, 0.2) is 0 Å². The van der Waals surface area contributed by atoms with Crippen LogP contribution in [0, 0.1) is 17.7 Å². The maximum atomic E-state index is 13.6. The predicted octanol–water partition coefficient (Wildman–Crippen LogP) is 2.96. The monoisotopic (exact) mass is 491 g/mol. The molecular formula is C28H30FN3O4. The zero-order chi connectivity index (χ0) is 25.4. The van der Waals surface area contributed by atoms with Gasteiger partial charge >= 0.3 is 0 Å². The second-order valence-corrected chi connectivity index (χ2v) is 9.36.